The van der Waals surface area contributed by atoms with Crippen molar-refractivity contribution in [3.05, 3.63) is 0 Å². The van der Waals surface area contributed by atoms with Gasteiger partial charge in [-0.3, -0.25) is 0 Å². The van der Waals surface area contributed by atoms with Gasteiger partial charge in [0, 0.05) is 25.7 Å². The van der Waals surface area contributed by atoms with Crippen molar-refractivity contribution in [2.24, 2.45) is 11.1 Å². The second kappa shape index (κ2) is 7.55. The SMILES string of the molecule is COCCOCCOCCC1(CN)CC2CCC1O2. The van der Waals surface area contributed by atoms with Crippen molar-refractivity contribution >= 4 is 0 Å². The minimum Gasteiger partial charge on any atom is -0.382 e. The van der Waals surface area contributed by atoms with E-state index in [1.54, 1.807) is 7.11 Å². The molecule has 2 N–H and O–H groups in total. The monoisotopic (exact) mass is 273 g/mol. The van der Waals surface area contributed by atoms with Crippen molar-refractivity contribution < 1.29 is 18.9 Å². The highest BCUT2D eigenvalue weighted by Gasteiger charge is 2.50. The van der Waals surface area contributed by atoms with Gasteiger partial charge in [-0.1, -0.05) is 0 Å². The molecule has 3 atom stereocenters. The molecule has 0 aromatic heterocycles. The summed E-state index contributed by atoms with van der Waals surface area (Å²) in [6.45, 7) is 3.99. The van der Waals surface area contributed by atoms with Crippen LogP contribution in [0.4, 0.5) is 0 Å². The lowest BCUT2D eigenvalue weighted by atomic mass is 9.72. The van der Waals surface area contributed by atoms with Crippen LogP contribution in [-0.4, -0.2) is 58.9 Å². The predicted molar refractivity (Wildman–Crippen MR) is 72.1 cm³/mol. The maximum atomic E-state index is 5.98. The van der Waals surface area contributed by atoms with E-state index in [1.165, 1.54) is 12.8 Å². The van der Waals surface area contributed by atoms with Crippen LogP contribution in [0.1, 0.15) is 25.7 Å². The van der Waals surface area contributed by atoms with Gasteiger partial charge in [-0.25, -0.2) is 0 Å². The molecule has 2 fully saturated rings. The van der Waals surface area contributed by atoms with Gasteiger partial charge >= 0.3 is 0 Å². The van der Waals surface area contributed by atoms with E-state index in [0.29, 0.717) is 45.2 Å². The zero-order valence-electron chi connectivity index (χ0n) is 11.9. The Morgan fingerprint density at radius 1 is 1.11 bits per heavy atom. The van der Waals surface area contributed by atoms with E-state index in [4.69, 9.17) is 24.7 Å². The number of nitrogens with two attached hydrogens (primary N) is 1. The Hall–Kier alpha value is -0.200. The van der Waals surface area contributed by atoms with Gasteiger partial charge in [0.25, 0.3) is 0 Å². The highest BCUT2D eigenvalue weighted by molar-refractivity contribution is 5.01. The largest absolute Gasteiger partial charge is 0.382 e. The third kappa shape index (κ3) is 3.89. The molecule has 2 saturated heterocycles. The summed E-state index contributed by atoms with van der Waals surface area (Å²) in [5.41, 5.74) is 6.14. The Labute approximate surface area is 115 Å². The third-order valence-corrected chi connectivity index (χ3v) is 4.38. The molecule has 0 spiro atoms. The van der Waals surface area contributed by atoms with Gasteiger partial charge < -0.3 is 24.7 Å². The Morgan fingerprint density at radius 2 is 1.84 bits per heavy atom. The standard InChI is InChI=1S/C14H27NO4/c1-16-6-7-18-9-8-17-5-4-14(11-15)10-12-2-3-13(14)19-12/h12-13H,2-11,15H2,1H3. The summed E-state index contributed by atoms with van der Waals surface area (Å²) in [5, 5.41) is 0. The lowest BCUT2D eigenvalue weighted by Gasteiger charge is -2.34. The normalized spacial score (nSPS) is 33.2. The number of fused-ring (bicyclic) bond motifs is 2. The molecule has 19 heavy (non-hydrogen) atoms. The fraction of sp³-hybridized carbons (Fsp3) is 1.00. The fourth-order valence-electron chi connectivity index (χ4n) is 3.21. The Morgan fingerprint density at radius 3 is 2.42 bits per heavy atom. The highest BCUT2D eigenvalue weighted by atomic mass is 16.5. The molecular formula is C14H27NO4. The zero-order valence-corrected chi connectivity index (χ0v) is 11.9. The van der Waals surface area contributed by atoms with Gasteiger partial charge in [-0.2, -0.15) is 0 Å². The van der Waals surface area contributed by atoms with Crippen molar-refractivity contribution in [1.29, 1.82) is 0 Å². The van der Waals surface area contributed by atoms with Crippen LogP contribution in [0.2, 0.25) is 0 Å². The summed E-state index contributed by atoms with van der Waals surface area (Å²) in [5.74, 6) is 0. The number of hydrogen-bond acceptors (Lipinski definition) is 5. The second-order valence-electron chi connectivity index (χ2n) is 5.56. The summed E-state index contributed by atoms with van der Waals surface area (Å²) in [6.07, 6.45) is 5.31. The van der Waals surface area contributed by atoms with Crippen LogP contribution in [-0.2, 0) is 18.9 Å². The molecule has 5 nitrogen and oxygen atoms in total. The summed E-state index contributed by atoms with van der Waals surface area (Å²) in [6, 6.07) is 0. The van der Waals surface area contributed by atoms with Gasteiger partial charge in [0.05, 0.1) is 38.6 Å². The fourth-order valence-corrected chi connectivity index (χ4v) is 3.21. The molecule has 0 aromatic rings. The van der Waals surface area contributed by atoms with E-state index < -0.39 is 0 Å². The summed E-state index contributed by atoms with van der Waals surface area (Å²) < 4.78 is 21.8. The Balaban J connectivity index is 1.55. The van der Waals surface area contributed by atoms with Crippen molar-refractivity contribution in [3.8, 4) is 0 Å². The van der Waals surface area contributed by atoms with Gasteiger partial charge in [0.15, 0.2) is 0 Å². The number of ether oxygens (including phenoxy) is 4. The quantitative estimate of drug-likeness (QED) is 0.601. The van der Waals surface area contributed by atoms with Gasteiger partial charge in [-0.15, -0.1) is 0 Å². The van der Waals surface area contributed by atoms with E-state index in [0.717, 1.165) is 19.4 Å². The molecule has 112 valence electrons. The molecule has 3 unspecified atom stereocenters. The van der Waals surface area contributed by atoms with E-state index in [9.17, 15) is 0 Å². The topological polar surface area (TPSA) is 62.9 Å². The first-order chi connectivity index (χ1) is 9.30. The summed E-state index contributed by atoms with van der Waals surface area (Å²) in [4.78, 5) is 0. The first-order valence-corrected chi connectivity index (χ1v) is 7.31. The van der Waals surface area contributed by atoms with Crippen LogP contribution >= 0.6 is 0 Å². The Kier molecular flexibility index (Phi) is 6.04. The molecule has 0 saturated carbocycles. The van der Waals surface area contributed by atoms with E-state index in [-0.39, 0.29) is 5.41 Å². The number of methoxy groups -OCH3 is 1. The summed E-state index contributed by atoms with van der Waals surface area (Å²) >= 11 is 0. The average Bonchev–Trinajstić information content (AvgIpc) is 3.03. The van der Waals surface area contributed by atoms with Gasteiger partial charge in [-0.05, 0) is 25.7 Å². The predicted octanol–water partition coefficient (Wildman–Crippen LogP) is 0.953. The van der Waals surface area contributed by atoms with Crippen molar-refractivity contribution in [3.63, 3.8) is 0 Å². The lowest BCUT2D eigenvalue weighted by Crippen LogP contribution is -2.40. The molecule has 2 bridgehead atoms. The molecule has 5 heteroatoms. The van der Waals surface area contributed by atoms with Crippen molar-refractivity contribution in [2.45, 2.75) is 37.9 Å². The van der Waals surface area contributed by atoms with Crippen molar-refractivity contribution in [2.75, 3.05) is 46.7 Å². The molecule has 2 heterocycles. The molecule has 0 amide bonds. The van der Waals surface area contributed by atoms with E-state index in [2.05, 4.69) is 0 Å². The Bertz CT molecular complexity index is 264. The molecule has 2 aliphatic rings. The van der Waals surface area contributed by atoms with Crippen LogP contribution in [0.25, 0.3) is 0 Å². The van der Waals surface area contributed by atoms with Gasteiger partial charge in [0.1, 0.15) is 0 Å². The van der Waals surface area contributed by atoms with Gasteiger partial charge in [0.2, 0.25) is 0 Å². The maximum Gasteiger partial charge on any atom is 0.0701 e. The van der Waals surface area contributed by atoms with Crippen LogP contribution < -0.4 is 5.73 Å². The lowest BCUT2D eigenvalue weighted by molar-refractivity contribution is 0.00608. The minimum absolute atomic E-state index is 0.166. The first-order valence-electron chi connectivity index (χ1n) is 7.31. The molecule has 2 rings (SSSR count). The van der Waals surface area contributed by atoms with E-state index in [1.807, 2.05) is 0 Å². The molecule has 0 aliphatic carbocycles. The smallest absolute Gasteiger partial charge is 0.0701 e. The molecular weight excluding hydrogens is 246 g/mol. The highest BCUT2D eigenvalue weighted by Crippen LogP contribution is 2.49. The van der Waals surface area contributed by atoms with Crippen LogP contribution in [0, 0.1) is 5.41 Å². The number of rotatable bonds is 10. The molecule has 0 radical (unpaired) electrons. The van der Waals surface area contributed by atoms with Crippen molar-refractivity contribution in [1.82, 2.24) is 0 Å². The zero-order chi connectivity index (χ0) is 13.6. The van der Waals surface area contributed by atoms with Crippen LogP contribution in [0.15, 0.2) is 0 Å². The molecule has 0 aromatic carbocycles. The number of hydrogen-bond donors (Lipinski definition) is 1. The van der Waals surface area contributed by atoms with Crippen LogP contribution in [0.3, 0.4) is 0 Å². The minimum atomic E-state index is 0.166. The maximum absolute atomic E-state index is 5.98. The second-order valence-corrected chi connectivity index (χ2v) is 5.56. The van der Waals surface area contributed by atoms with Crippen LogP contribution in [0.5, 0.6) is 0 Å². The summed E-state index contributed by atoms with van der Waals surface area (Å²) in [7, 11) is 1.67. The third-order valence-electron chi connectivity index (χ3n) is 4.38. The average molecular weight is 273 g/mol. The molecule has 2 aliphatic heterocycles. The first kappa shape index (κ1) is 15.2. The van der Waals surface area contributed by atoms with E-state index >= 15 is 0 Å².